The van der Waals surface area contributed by atoms with Gasteiger partial charge in [0.05, 0.1) is 16.8 Å². The molecule has 1 amide bonds. The number of fused-ring (bicyclic) bond motifs is 1. The van der Waals surface area contributed by atoms with Crippen molar-refractivity contribution in [3.63, 3.8) is 0 Å². The Hall–Kier alpha value is -2.70. The van der Waals surface area contributed by atoms with E-state index in [2.05, 4.69) is 23.1 Å². The SMILES string of the molecule is CNC(=O)c1c(-c2ccc(C(F)(F)F)nc2)oc2cc(N(C)S)c(B3OC(C)(C)C(C)(C)O3)cc12. The molecule has 0 radical (unpaired) electrons. The number of aromatic nitrogens is 1. The maximum absolute atomic E-state index is 13.0. The molecule has 0 spiro atoms. The van der Waals surface area contributed by atoms with Crippen LogP contribution in [0.3, 0.4) is 0 Å². The average Bonchev–Trinajstić information content (AvgIpc) is 3.24. The Balaban J connectivity index is 1.92. The minimum atomic E-state index is -4.58. The van der Waals surface area contributed by atoms with E-state index in [1.165, 1.54) is 13.1 Å². The highest BCUT2D eigenvalue weighted by atomic mass is 32.1. The number of pyridine rings is 1. The second kappa shape index (κ2) is 8.46. The minimum Gasteiger partial charge on any atom is -0.455 e. The van der Waals surface area contributed by atoms with E-state index in [-0.39, 0.29) is 16.9 Å². The van der Waals surface area contributed by atoms with Crippen molar-refractivity contribution in [3.05, 3.63) is 41.7 Å². The fraction of sp³-hybridized carbons (Fsp3) is 0.391. The molecule has 3 aromatic rings. The van der Waals surface area contributed by atoms with Crippen molar-refractivity contribution >= 4 is 48.0 Å². The summed E-state index contributed by atoms with van der Waals surface area (Å²) >= 11 is 4.45. The van der Waals surface area contributed by atoms with Crippen LogP contribution in [0.2, 0.25) is 0 Å². The number of hydrogen-bond donors (Lipinski definition) is 2. The molecule has 7 nitrogen and oxygen atoms in total. The monoisotopic (exact) mass is 507 g/mol. The van der Waals surface area contributed by atoms with Crippen LogP contribution in [0.1, 0.15) is 43.7 Å². The molecule has 1 saturated heterocycles. The lowest BCUT2D eigenvalue weighted by molar-refractivity contribution is -0.141. The molecule has 0 atom stereocenters. The molecule has 12 heteroatoms. The molecule has 1 N–H and O–H groups in total. The van der Waals surface area contributed by atoms with E-state index >= 15 is 0 Å². The first kappa shape index (κ1) is 25.4. The van der Waals surface area contributed by atoms with E-state index in [0.717, 1.165) is 12.3 Å². The largest absolute Gasteiger partial charge is 0.497 e. The van der Waals surface area contributed by atoms with Crippen molar-refractivity contribution in [3.8, 4) is 11.3 Å². The summed E-state index contributed by atoms with van der Waals surface area (Å²) in [5.74, 6) is -0.370. The van der Waals surface area contributed by atoms with Crippen molar-refractivity contribution in [2.45, 2.75) is 45.1 Å². The smallest absolute Gasteiger partial charge is 0.455 e. The van der Waals surface area contributed by atoms with Gasteiger partial charge in [0.2, 0.25) is 0 Å². The van der Waals surface area contributed by atoms with Gasteiger partial charge in [0.25, 0.3) is 5.91 Å². The molecule has 1 aliphatic rings. The molecule has 1 aliphatic heterocycles. The number of rotatable bonds is 4. The van der Waals surface area contributed by atoms with Crippen molar-refractivity contribution in [1.29, 1.82) is 0 Å². The summed E-state index contributed by atoms with van der Waals surface area (Å²) in [6, 6.07) is 5.49. The van der Waals surface area contributed by atoms with Crippen LogP contribution in [0, 0.1) is 0 Å². The standard InChI is InChI=1S/C23H25BF3N3O4S/c1-21(2)22(3,4)34-24(33-21)14-9-13-16(10-15(14)30(6)35)32-19(18(13)20(31)28-5)12-7-8-17(29-11-12)23(25,26)27/h7-11,35H,1-6H3,(H,28,31). The summed E-state index contributed by atoms with van der Waals surface area (Å²) in [7, 11) is 2.43. The Bertz CT molecular complexity index is 1270. The molecule has 1 aromatic carbocycles. The van der Waals surface area contributed by atoms with Gasteiger partial charge in [-0.1, -0.05) is 12.8 Å². The zero-order valence-electron chi connectivity index (χ0n) is 20.1. The lowest BCUT2D eigenvalue weighted by atomic mass is 9.77. The van der Waals surface area contributed by atoms with Gasteiger partial charge in [-0.2, -0.15) is 13.2 Å². The van der Waals surface area contributed by atoms with Crippen LogP contribution in [0.4, 0.5) is 18.9 Å². The Morgan fingerprint density at radius 3 is 2.26 bits per heavy atom. The molecular weight excluding hydrogens is 482 g/mol. The fourth-order valence-electron chi connectivity index (χ4n) is 3.84. The molecule has 4 rings (SSSR count). The molecule has 1 fully saturated rings. The number of thiol groups is 1. The van der Waals surface area contributed by atoms with Crippen LogP contribution >= 0.6 is 12.8 Å². The van der Waals surface area contributed by atoms with Crippen LogP contribution in [0.15, 0.2) is 34.9 Å². The van der Waals surface area contributed by atoms with E-state index in [9.17, 15) is 18.0 Å². The van der Waals surface area contributed by atoms with Gasteiger partial charge in [0.15, 0.2) is 0 Å². The molecular formula is C23H25BF3N3O4S. The minimum absolute atomic E-state index is 0.0967. The van der Waals surface area contributed by atoms with Gasteiger partial charge in [-0.05, 0) is 45.9 Å². The van der Waals surface area contributed by atoms with Gasteiger partial charge >= 0.3 is 13.3 Å². The summed E-state index contributed by atoms with van der Waals surface area (Å²) in [6.07, 6.45) is -3.55. The number of carbonyl (C=O) groups is 1. The van der Waals surface area contributed by atoms with Gasteiger partial charge in [-0.15, -0.1) is 0 Å². The van der Waals surface area contributed by atoms with Crippen LogP contribution in [-0.2, 0) is 15.5 Å². The van der Waals surface area contributed by atoms with Gasteiger partial charge < -0.3 is 23.3 Å². The summed E-state index contributed by atoms with van der Waals surface area (Å²) in [5, 5.41) is 3.02. The van der Waals surface area contributed by atoms with Crippen LogP contribution in [0.5, 0.6) is 0 Å². The van der Waals surface area contributed by atoms with E-state index in [0.29, 0.717) is 22.1 Å². The first-order chi connectivity index (χ1) is 16.2. The number of carbonyl (C=O) groups excluding carboxylic acids is 1. The van der Waals surface area contributed by atoms with Crippen molar-refractivity contribution < 1.29 is 31.7 Å². The third-order valence-corrected chi connectivity index (χ3v) is 6.68. The number of alkyl halides is 3. The molecule has 2 aromatic heterocycles. The molecule has 0 unspecified atom stereocenters. The molecule has 3 heterocycles. The third-order valence-electron chi connectivity index (χ3n) is 6.46. The number of benzene rings is 1. The maximum atomic E-state index is 13.0. The predicted molar refractivity (Wildman–Crippen MR) is 131 cm³/mol. The Morgan fingerprint density at radius 1 is 1.14 bits per heavy atom. The van der Waals surface area contributed by atoms with Crippen LogP contribution in [-0.4, -0.2) is 43.3 Å². The van der Waals surface area contributed by atoms with E-state index in [4.69, 9.17) is 13.7 Å². The zero-order valence-corrected chi connectivity index (χ0v) is 21.0. The fourth-order valence-corrected chi connectivity index (χ4v) is 4.01. The lowest BCUT2D eigenvalue weighted by Crippen LogP contribution is -2.41. The van der Waals surface area contributed by atoms with Gasteiger partial charge in [-0.25, -0.2) is 0 Å². The maximum Gasteiger partial charge on any atom is 0.497 e. The molecule has 0 aliphatic carbocycles. The van der Waals surface area contributed by atoms with Crippen molar-refractivity contribution in [2.24, 2.45) is 0 Å². The van der Waals surface area contributed by atoms with E-state index < -0.39 is 36.1 Å². The molecule has 0 saturated carbocycles. The number of nitrogens with one attached hydrogen (secondary N) is 1. The summed E-state index contributed by atoms with van der Waals surface area (Å²) in [6.45, 7) is 7.72. The molecule has 35 heavy (non-hydrogen) atoms. The number of nitrogens with zero attached hydrogens (tertiary/aromatic N) is 2. The second-order valence-corrected chi connectivity index (χ2v) is 9.93. The number of hydrogen-bond acceptors (Lipinski definition) is 7. The topological polar surface area (TPSA) is 76.8 Å². The normalized spacial score (nSPS) is 17.1. The summed E-state index contributed by atoms with van der Waals surface area (Å²) in [5.41, 5.74) is -0.270. The quantitative estimate of drug-likeness (QED) is 0.402. The Labute approximate surface area is 206 Å². The van der Waals surface area contributed by atoms with Gasteiger partial charge in [0.1, 0.15) is 17.0 Å². The van der Waals surface area contributed by atoms with E-state index in [1.807, 2.05) is 27.7 Å². The van der Waals surface area contributed by atoms with Crippen LogP contribution in [0.25, 0.3) is 22.3 Å². The Morgan fingerprint density at radius 2 is 1.77 bits per heavy atom. The first-order valence-corrected chi connectivity index (χ1v) is 11.2. The number of amides is 1. The average molecular weight is 507 g/mol. The Kier molecular flexibility index (Phi) is 6.14. The van der Waals surface area contributed by atoms with E-state index in [1.54, 1.807) is 23.5 Å². The first-order valence-electron chi connectivity index (χ1n) is 10.8. The summed E-state index contributed by atoms with van der Waals surface area (Å²) in [4.78, 5) is 16.4. The number of halogens is 3. The highest BCUT2D eigenvalue weighted by molar-refractivity contribution is 7.81. The second-order valence-electron chi connectivity index (χ2n) is 9.33. The van der Waals surface area contributed by atoms with Crippen molar-refractivity contribution in [2.75, 3.05) is 18.4 Å². The third kappa shape index (κ3) is 4.38. The zero-order chi connectivity index (χ0) is 25.9. The van der Waals surface area contributed by atoms with Crippen LogP contribution < -0.4 is 15.1 Å². The lowest BCUT2D eigenvalue weighted by Gasteiger charge is -2.32. The molecule has 186 valence electrons. The van der Waals surface area contributed by atoms with Gasteiger partial charge in [-0.3, -0.25) is 9.78 Å². The number of anilines is 1. The highest BCUT2D eigenvalue weighted by Crippen LogP contribution is 2.40. The highest BCUT2D eigenvalue weighted by Gasteiger charge is 2.52. The van der Waals surface area contributed by atoms with Gasteiger partial charge in [0, 0.05) is 48.5 Å². The molecule has 0 bridgehead atoms. The predicted octanol–water partition coefficient (Wildman–Crippen LogP) is 4.45. The summed E-state index contributed by atoms with van der Waals surface area (Å²) < 4.78 is 59.0. The van der Waals surface area contributed by atoms with Crippen molar-refractivity contribution in [1.82, 2.24) is 10.3 Å². The number of furan rings is 1.